The first-order chi connectivity index (χ1) is 11.2. The molecule has 0 bridgehead atoms. The molecule has 0 radical (unpaired) electrons. The van der Waals surface area contributed by atoms with Gasteiger partial charge in [0.25, 0.3) is 0 Å². The third kappa shape index (κ3) is 4.32. The highest BCUT2D eigenvalue weighted by molar-refractivity contribution is 7.16. The Morgan fingerprint density at radius 3 is 2.61 bits per heavy atom. The molecule has 3 nitrogen and oxygen atoms in total. The number of aromatic nitrogens is 2. The molecule has 0 aliphatic carbocycles. The van der Waals surface area contributed by atoms with E-state index in [1.807, 2.05) is 22.9 Å². The summed E-state index contributed by atoms with van der Waals surface area (Å²) in [5.41, 5.74) is 2.39. The van der Waals surface area contributed by atoms with E-state index in [1.54, 1.807) is 23.9 Å². The van der Waals surface area contributed by atoms with E-state index in [9.17, 15) is 0 Å². The number of nitrogens with zero attached hydrogens (tertiary/aromatic N) is 3. The summed E-state index contributed by atoms with van der Waals surface area (Å²) in [5.74, 6) is 0. The average Bonchev–Trinajstić information content (AvgIpc) is 3.20. The van der Waals surface area contributed by atoms with Crippen LogP contribution in [0.4, 0.5) is 0 Å². The molecular weight excluding hydrogens is 326 g/mol. The molecule has 3 rings (SSSR count). The van der Waals surface area contributed by atoms with Crippen molar-refractivity contribution in [1.82, 2.24) is 14.5 Å². The Labute approximate surface area is 145 Å². The van der Waals surface area contributed by atoms with Crippen molar-refractivity contribution < 1.29 is 0 Å². The highest BCUT2D eigenvalue weighted by Gasteiger charge is 2.08. The molecule has 0 unspecified atom stereocenters. The molecule has 23 heavy (non-hydrogen) atoms. The van der Waals surface area contributed by atoms with Crippen LogP contribution in [0, 0.1) is 0 Å². The van der Waals surface area contributed by atoms with Crippen molar-refractivity contribution >= 4 is 22.9 Å². The molecule has 2 heterocycles. The Balaban J connectivity index is 1.68. The molecule has 3 aromatic rings. The van der Waals surface area contributed by atoms with Gasteiger partial charge in [-0.2, -0.15) is 0 Å². The number of hydrogen-bond acceptors (Lipinski definition) is 3. The Bertz CT molecular complexity index is 747. The van der Waals surface area contributed by atoms with Crippen LogP contribution in [0.5, 0.6) is 0 Å². The van der Waals surface area contributed by atoms with E-state index >= 15 is 0 Å². The van der Waals surface area contributed by atoms with Gasteiger partial charge in [-0.1, -0.05) is 29.8 Å². The SMILES string of the molecule is C=CCN(Cc1ccc(-n2ccnc2)cc1)Cc1ccc(Cl)s1. The maximum Gasteiger partial charge on any atom is 0.0991 e. The molecule has 0 fully saturated rings. The summed E-state index contributed by atoms with van der Waals surface area (Å²) < 4.78 is 2.84. The lowest BCUT2D eigenvalue weighted by Crippen LogP contribution is -2.22. The third-order valence-corrected chi connectivity index (χ3v) is 4.76. The summed E-state index contributed by atoms with van der Waals surface area (Å²) in [6.45, 7) is 6.47. The first kappa shape index (κ1) is 16.0. The normalized spacial score (nSPS) is 11.0. The van der Waals surface area contributed by atoms with Crippen LogP contribution in [0.2, 0.25) is 4.34 Å². The van der Waals surface area contributed by atoms with Gasteiger partial charge in [-0.25, -0.2) is 4.98 Å². The van der Waals surface area contributed by atoms with Crippen molar-refractivity contribution in [3.63, 3.8) is 0 Å². The summed E-state index contributed by atoms with van der Waals surface area (Å²) in [4.78, 5) is 7.70. The molecule has 118 valence electrons. The van der Waals surface area contributed by atoms with Crippen LogP contribution in [-0.2, 0) is 13.1 Å². The molecular formula is C18H18ClN3S. The van der Waals surface area contributed by atoms with Crippen LogP contribution in [-0.4, -0.2) is 21.0 Å². The summed E-state index contributed by atoms with van der Waals surface area (Å²) in [6.07, 6.45) is 7.47. The number of halogens is 1. The Morgan fingerprint density at radius 2 is 2.00 bits per heavy atom. The molecule has 2 aromatic heterocycles. The maximum absolute atomic E-state index is 6.02. The molecule has 0 aliphatic heterocycles. The molecule has 1 aromatic carbocycles. The maximum atomic E-state index is 6.02. The minimum Gasteiger partial charge on any atom is -0.306 e. The van der Waals surface area contributed by atoms with Gasteiger partial charge >= 0.3 is 0 Å². The highest BCUT2D eigenvalue weighted by Crippen LogP contribution is 2.23. The monoisotopic (exact) mass is 343 g/mol. The molecule has 0 atom stereocenters. The van der Waals surface area contributed by atoms with Crippen LogP contribution >= 0.6 is 22.9 Å². The quantitative estimate of drug-likeness (QED) is 0.576. The van der Waals surface area contributed by atoms with Gasteiger partial charge in [0.05, 0.1) is 10.7 Å². The molecule has 0 amide bonds. The number of imidazole rings is 1. The van der Waals surface area contributed by atoms with E-state index < -0.39 is 0 Å². The van der Waals surface area contributed by atoms with Gasteiger partial charge in [-0.3, -0.25) is 4.90 Å². The number of benzene rings is 1. The van der Waals surface area contributed by atoms with Crippen molar-refractivity contribution in [3.05, 3.63) is 82.6 Å². The summed E-state index contributed by atoms with van der Waals surface area (Å²) in [6, 6.07) is 12.6. The zero-order valence-electron chi connectivity index (χ0n) is 12.7. The molecule has 0 spiro atoms. The lowest BCUT2D eigenvalue weighted by atomic mass is 10.2. The Kier molecular flexibility index (Phi) is 5.28. The van der Waals surface area contributed by atoms with Crippen LogP contribution in [0.3, 0.4) is 0 Å². The molecule has 0 saturated heterocycles. The van der Waals surface area contributed by atoms with E-state index in [4.69, 9.17) is 11.6 Å². The van der Waals surface area contributed by atoms with Crippen molar-refractivity contribution in [2.75, 3.05) is 6.54 Å². The summed E-state index contributed by atoms with van der Waals surface area (Å²) >= 11 is 7.65. The first-order valence-electron chi connectivity index (χ1n) is 7.39. The van der Waals surface area contributed by atoms with E-state index in [0.29, 0.717) is 0 Å². The minimum atomic E-state index is 0.836. The molecule has 5 heteroatoms. The van der Waals surface area contributed by atoms with E-state index in [0.717, 1.165) is 29.7 Å². The predicted molar refractivity (Wildman–Crippen MR) is 97.2 cm³/mol. The van der Waals surface area contributed by atoms with Crippen LogP contribution in [0.15, 0.2) is 67.8 Å². The van der Waals surface area contributed by atoms with Crippen LogP contribution in [0.25, 0.3) is 5.69 Å². The second kappa shape index (κ2) is 7.59. The van der Waals surface area contributed by atoms with Crippen LogP contribution < -0.4 is 0 Å². The fourth-order valence-corrected chi connectivity index (χ4v) is 3.60. The largest absolute Gasteiger partial charge is 0.306 e. The molecule has 0 N–H and O–H groups in total. The van der Waals surface area contributed by atoms with Gasteiger partial charge in [0.15, 0.2) is 0 Å². The number of rotatable bonds is 7. The lowest BCUT2D eigenvalue weighted by molar-refractivity contribution is 0.289. The lowest BCUT2D eigenvalue weighted by Gasteiger charge is -2.20. The van der Waals surface area contributed by atoms with Gasteiger partial charge in [-0.05, 0) is 29.8 Å². The molecule has 0 saturated carbocycles. The van der Waals surface area contributed by atoms with Gasteiger partial charge in [0, 0.05) is 42.6 Å². The van der Waals surface area contributed by atoms with E-state index in [1.165, 1.54) is 10.4 Å². The minimum absolute atomic E-state index is 0.836. The smallest absolute Gasteiger partial charge is 0.0991 e. The highest BCUT2D eigenvalue weighted by atomic mass is 35.5. The Hall–Kier alpha value is -1.88. The summed E-state index contributed by atoms with van der Waals surface area (Å²) in [7, 11) is 0. The van der Waals surface area contributed by atoms with Crippen LogP contribution in [0.1, 0.15) is 10.4 Å². The summed E-state index contributed by atoms with van der Waals surface area (Å²) in [5, 5.41) is 0. The topological polar surface area (TPSA) is 21.1 Å². The van der Waals surface area contributed by atoms with Gasteiger partial charge in [0.1, 0.15) is 0 Å². The molecule has 0 aliphatic rings. The van der Waals surface area contributed by atoms with Crippen molar-refractivity contribution in [2.45, 2.75) is 13.1 Å². The zero-order valence-corrected chi connectivity index (χ0v) is 14.3. The fraction of sp³-hybridized carbons (Fsp3) is 0.167. The third-order valence-electron chi connectivity index (χ3n) is 3.54. The van der Waals surface area contributed by atoms with Gasteiger partial charge < -0.3 is 4.57 Å². The van der Waals surface area contributed by atoms with Crippen molar-refractivity contribution in [3.8, 4) is 5.69 Å². The van der Waals surface area contributed by atoms with E-state index in [-0.39, 0.29) is 0 Å². The predicted octanol–water partition coefficient (Wildman–Crippen LogP) is 4.78. The first-order valence-corrected chi connectivity index (χ1v) is 8.59. The standard InChI is InChI=1S/C18H18ClN3S/c1-2-10-21(13-17-7-8-18(19)23-17)12-15-3-5-16(6-4-15)22-11-9-20-14-22/h2-9,11,14H,1,10,12-13H2. The number of thiophene rings is 1. The fourth-order valence-electron chi connectivity index (χ4n) is 2.47. The van der Waals surface area contributed by atoms with Gasteiger partial charge in [-0.15, -0.1) is 17.9 Å². The van der Waals surface area contributed by atoms with Crippen molar-refractivity contribution in [1.29, 1.82) is 0 Å². The Morgan fingerprint density at radius 1 is 1.17 bits per heavy atom. The zero-order chi connectivity index (χ0) is 16.1. The number of hydrogen-bond donors (Lipinski definition) is 0. The van der Waals surface area contributed by atoms with E-state index in [2.05, 4.69) is 46.8 Å². The second-order valence-corrected chi connectivity index (χ2v) is 7.10. The van der Waals surface area contributed by atoms with Gasteiger partial charge in [0.2, 0.25) is 0 Å². The average molecular weight is 344 g/mol. The second-order valence-electron chi connectivity index (χ2n) is 5.30. The van der Waals surface area contributed by atoms with Crippen molar-refractivity contribution in [2.24, 2.45) is 0 Å².